The molecule has 0 radical (unpaired) electrons. The average molecular weight is 312 g/mol. The quantitative estimate of drug-likeness (QED) is 0.609. The van der Waals surface area contributed by atoms with Gasteiger partial charge in [0.05, 0.1) is 4.90 Å². The van der Waals surface area contributed by atoms with E-state index in [0.717, 1.165) is 18.7 Å². The van der Waals surface area contributed by atoms with E-state index in [2.05, 4.69) is 12.2 Å². The number of nitrogens with two attached hydrogens (primary N) is 1. The molecule has 0 amide bonds. The number of rotatable bonds is 11. The Balaban J connectivity index is 2.10. The molecule has 1 aromatic carbocycles. The molecule has 0 fully saturated rings. The van der Waals surface area contributed by atoms with Gasteiger partial charge in [0.15, 0.2) is 0 Å². The topological polar surface area (TPSA) is 72.2 Å². The molecule has 0 saturated carbocycles. The van der Waals surface area contributed by atoms with Crippen molar-refractivity contribution in [1.29, 1.82) is 0 Å². The highest BCUT2D eigenvalue weighted by Gasteiger charge is 2.06. The SMILES string of the molecule is CCCCCCCCCCNc1ccc(S(N)(=O)=O)cc1. The first-order chi connectivity index (χ1) is 10.0. The van der Waals surface area contributed by atoms with Crippen LogP contribution in [0.5, 0.6) is 0 Å². The Labute approximate surface area is 129 Å². The number of primary sulfonamides is 1. The van der Waals surface area contributed by atoms with Crippen molar-refractivity contribution in [3.8, 4) is 0 Å². The molecule has 120 valence electrons. The molecule has 0 saturated heterocycles. The highest BCUT2D eigenvalue weighted by Crippen LogP contribution is 2.13. The summed E-state index contributed by atoms with van der Waals surface area (Å²) in [4.78, 5) is 0.153. The maximum Gasteiger partial charge on any atom is 0.238 e. The maximum atomic E-state index is 11.1. The number of hydrogen-bond donors (Lipinski definition) is 2. The van der Waals surface area contributed by atoms with Gasteiger partial charge in [0, 0.05) is 12.2 Å². The lowest BCUT2D eigenvalue weighted by Crippen LogP contribution is -2.12. The van der Waals surface area contributed by atoms with E-state index >= 15 is 0 Å². The van der Waals surface area contributed by atoms with E-state index in [1.807, 2.05) is 0 Å². The predicted octanol–water partition coefficient (Wildman–Crippen LogP) is 3.89. The van der Waals surface area contributed by atoms with Crippen molar-refractivity contribution in [2.24, 2.45) is 5.14 Å². The number of nitrogens with one attached hydrogen (secondary N) is 1. The van der Waals surface area contributed by atoms with Crippen molar-refractivity contribution in [2.45, 2.75) is 63.2 Å². The maximum absolute atomic E-state index is 11.1. The summed E-state index contributed by atoms with van der Waals surface area (Å²) in [6.07, 6.45) is 10.4. The first-order valence-electron chi connectivity index (χ1n) is 7.91. The molecular formula is C16H28N2O2S. The molecule has 1 aromatic rings. The molecule has 0 aliphatic carbocycles. The van der Waals surface area contributed by atoms with Gasteiger partial charge in [-0.2, -0.15) is 0 Å². The predicted molar refractivity (Wildman–Crippen MR) is 88.9 cm³/mol. The van der Waals surface area contributed by atoms with Crippen molar-refractivity contribution in [2.75, 3.05) is 11.9 Å². The van der Waals surface area contributed by atoms with E-state index in [4.69, 9.17) is 5.14 Å². The van der Waals surface area contributed by atoms with Crippen molar-refractivity contribution >= 4 is 15.7 Å². The van der Waals surface area contributed by atoms with E-state index in [1.54, 1.807) is 12.1 Å². The minimum Gasteiger partial charge on any atom is -0.385 e. The second kappa shape index (κ2) is 9.79. The summed E-state index contributed by atoms with van der Waals surface area (Å²) in [5, 5.41) is 8.36. The van der Waals surface area contributed by atoms with Crippen LogP contribution in [-0.2, 0) is 10.0 Å². The molecule has 0 atom stereocenters. The summed E-state index contributed by atoms with van der Waals surface area (Å²) in [5.74, 6) is 0. The number of hydrogen-bond acceptors (Lipinski definition) is 3. The summed E-state index contributed by atoms with van der Waals surface area (Å²) < 4.78 is 22.3. The standard InChI is InChI=1S/C16H28N2O2S/c1-2-3-4-5-6-7-8-9-14-18-15-10-12-16(13-11-15)21(17,19)20/h10-13,18H,2-9,14H2,1H3,(H2,17,19,20). The van der Waals surface area contributed by atoms with E-state index in [1.165, 1.54) is 57.1 Å². The summed E-state index contributed by atoms with van der Waals surface area (Å²) in [6, 6.07) is 6.58. The Kier molecular flexibility index (Phi) is 8.38. The van der Waals surface area contributed by atoms with Crippen LogP contribution in [0.4, 0.5) is 5.69 Å². The zero-order valence-corrected chi connectivity index (χ0v) is 13.8. The molecule has 0 unspecified atom stereocenters. The lowest BCUT2D eigenvalue weighted by molar-refractivity contribution is 0.581. The van der Waals surface area contributed by atoms with E-state index in [-0.39, 0.29) is 4.90 Å². The van der Waals surface area contributed by atoms with Gasteiger partial charge in [-0.25, -0.2) is 13.6 Å². The van der Waals surface area contributed by atoms with Gasteiger partial charge < -0.3 is 5.32 Å². The van der Waals surface area contributed by atoms with Gasteiger partial charge in [-0.05, 0) is 30.7 Å². The lowest BCUT2D eigenvalue weighted by atomic mass is 10.1. The Morgan fingerprint density at radius 1 is 0.905 bits per heavy atom. The van der Waals surface area contributed by atoms with Gasteiger partial charge in [0.25, 0.3) is 0 Å². The first-order valence-corrected chi connectivity index (χ1v) is 9.45. The van der Waals surface area contributed by atoms with Gasteiger partial charge in [-0.1, -0.05) is 51.9 Å². The smallest absolute Gasteiger partial charge is 0.238 e. The van der Waals surface area contributed by atoms with Gasteiger partial charge >= 0.3 is 0 Å². The van der Waals surface area contributed by atoms with Crippen LogP contribution in [0.3, 0.4) is 0 Å². The normalized spacial score (nSPS) is 11.5. The third kappa shape index (κ3) is 8.07. The summed E-state index contributed by atoms with van der Waals surface area (Å²) in [5.41, 5.74) is 0.936. The van der Waals surface area contributed by atoms with Crippen molar-refractivity contribution in [1.82, 2.24) is 0 Å². The van der Waals surface area contributed by atoms with Crippen LogP contribution in [0.1, 0.15) is 58.3 Å². The Bertz CT molecular complexity index is 484. The molecule has 0 spiro atoms. The van der Waals surface area contributed by atoms with Gasteiger partial charge in [-0.15, -0.1) is 0 Å². The zero-order valence-electron chi connectivity index (χ0n) is 13.0. The van der Waals surface area contributed by atoms with Crippen molar-refractivity contribution in [3.05, 3.63) is 24.3 Å². The molecular weight excluding hydrogens is 284 g/mol. The summed E-state index contributed by atoms with van der Waals surface area (Å²) in [6.45, 7) is 3.16. The summed E-state index contributed by atoms with van der Waals surface area (Å²) in [7, 11) is -3.59. The minimum atomic E-state index is -3.59. The largest absolute Gasteiger partial charge is 0.385 e. The highest BCUT2D eigenvalue weighted by atomic mass is 32.2. The third-order valence-electron chi connectivity index (χ3n) is 3.54. The fraction of sp³-hybridized carbons (Fsp3) is 0.625. The number of anilines is 1. The minimum absolute atomic E-state index is 0.153. The van der Waals surface area contributed by atoms with Crippen LogP contribution in [0.2, 0.25) is 0 Å². The van der Waals surface area contributed by atoms with Crippen LogP contribution in [0.25, 0.3) is 0 Å². The van der Waals surface area contributed by atoms with E-state index in [0.29, 0.717) is 0 Å². The van der Waals surface area contributed by atoms with Gasteiger partial charge in [0.2, 0.25) is 10.0 Å². The van der Waals surface area contributed by atoms with Gasteiger partial charge in [-0.3, -0.25) is 0 Å². The molecule has 0 bridgehead atoms. The zero-order chi connectivity index (χ0) is 15.6. The van der Waals surface area contributed by atoms with Crippen LogP contribution in [0, 0.1) is 0 Å². The Morgan fingerprint density at radius 3 is 1.95 bits per heavy atom. The molecule has 5 heteroatoms. The van der Waals surface area contributed by atoms with Crippen molar-refractivity contribution in [3.63, 3.8) is 0 Å². The first kappa shape index (κ1) is 18.0. The second-order valence-electron chi connectivity index (χ2n) is 5.47. The van der Waals surface area contributed by atoms with E-state index in [9.17, 15) is 8.42 Å². The molecule has 0 aliphatic heterocycles. The molecule has 21 heavy (non-hydrogen) atoms. The monoisotopic (exact) mass is 312 g/mol. The molecule has 1 rings (SSSR count). The Hall–Kier alpha value is -1.07. The van der Waals surface area contributed by atoms with Crippen LogP contribution in [0.15, 0.2) is 29.2 Å². The van der Waals surface area contributed by atoms with Crippen molar-refractivity contribution < 1.29 is 8.42 Å². The lowest BCUT2D eigenvalue weighted by Gasteiger charge is -2.07. The number of unbranched alkanes of at least 4 members (excludes halogenated alkanes) is 7. The number of sulfonamides is 1. The summed E-state index contributed by atoms with van der Waals surface area (Å²) >= 11 is 0. The fourth-order valence-corrected chi connectivity index (χ4v) is 2.77. The third-order valence-corrected chi connectivity index (χ3v) is 4.47. The molecule has 3 N–H and O–H groups in total. The molecule has 0 heterocycles. The van der Waals surface area contributed by atoms with Crippen LogP contribution in [-0.4, -0.2) is 15.0 Å². The second-order valence-corrected chi connectivity index (χ2v) is 7.03. The van der Waals surface area contributed by atoms with Crippen LogP contribution >= 0.6 is 0 Å². The van der Waals surface area contributed by atoms with Crippen LogP contribution < -0.4 is 10.5 Å². The molecule has 4 nitrogen and oxygen atoms in total. The fourth-order valence-electron chi connectivity index (χ4n) is 2.25. The van der Waals surface area contributed by atoms with Gasteiger partial charge in [0.1, 0.15) is 0 Å². The molecule has 0 aromatic heterocycles. The molecule has 0 aliphatic rings. The Morgan fingerprint density at radius 2 is 1.43 bits per heavy atom. The van der Waals surface area contributed by atoms with E-state index < -0.39 is 10.0 Å². The average Bonchev–Trinajstić information content (AvgIpc) is 2.45. The highest BCUT2D eigenvalue weighted by molar-refractivity contribution is 7.89. The number of benzene rings is 1.